The lowest BCUT2D eigenvalue weighted by Gasteiger charge is -2.12. The third-order valence-electron chi connectivity index (χ3n) is 4.90. The molecule has 0 heterocycles. The second-order valence-corrected chi connectivity index (χ2v) is 6.65. The molecule has 0 spiro atoms. The van der Waals surface area contributed by atoms with E-state index in [-0.39, 0.29) is 5.78 Å². The molecule has 0 saturated heterocycles. The number of rotatable bonds is 1. The summed E-state index contributed by atoms with van der Waals surface area (Å²) in [4.78, 5) is 13.1. The van der Waals surface area contributed by atoms with Gasteiger partial charge in [0.15, 0.2) is 5.78 Å². The van der Waals surface area contributed by atoms with Gasteiger partial charge in [-0.1, -0.05) is 84.4 Å². The summed E-state index contributed by atoms with van der Waals surface area (Å²) in [6.45, 7) is 0. The highest BCUT2D eigenvalue weighted by Gasteiger charge is 2.29. The third-order valence-corrected chi connectivity index (χ3v) is 5.21. The van der Waals surface area contributed by atoms with E-state index in [1.165, 1.54) is 0 Å². The molecule has 0 bridgehead atoms. The van der Waals surface area contributed by atoms with E-state index in [1.54, 1.807) is 0 Å². The Morgan fingerprint density at radius 1 is 0.560 bits per heavy atom. The molecular formula is C23H13ClO. The smallest absolute Gasteiger partial charge is 0.194 e. The van der Waals surface area contributed by atoms with Crippen LogP contribution < -0.4 is 0 Å². The largest absolute Gasteiger partial charge is 0.289 e. The van der Waals surface area contributed by atoms with E-state index in [9.17, 15) is 4.79 Å². The first-order valence-corrected chi connectivity index (χ1v) is 8.58. The molecule has 1 nitrogen and oxygen atoms in total. The molecule has 0 N–H and O–H groups in total. The first-order chi connectivity index (χ1) is 12.3. The number of hydrogen-bond acceptors (Lipinski definition) is 1. The summed E-state index contributed by atoms with van der Waals surface area (Å²) in [6.07, 6.45) is 0. The van der Waals surface area contributed by atoms with Crippen molar-refractivity contribution in [3.05, 3.63) is 95.0 Å². The number of carbonyl (C=O) groups is 1. The van der Waals surface area contributed by atoms with Crippen molar-refractivity contribution in [2.24, 2.45) is 0 Å². The number of fused-ring (bicyclic) bond motifs is 4. The van der Waals surface area contributed by atoms with Crippen LogP contribution >= 0.6 is 11.6 Å². The summed E-state index contributed by atoms with van der Waals surface area (Å²) in [5.41, 5.74) is 5.50. The minimum atomic E-state index is 0.0882. The monoisotopic (exact) mass is 340 g/mol. The van der Waals surface area contributed by atoms with E-state index in [4.69, 9.17) is 11.6 Å². The molecule has 118 valence electrons. The Labute approximate surface area is 150 Å². The van der Waals surface area contributed by atoms with Crippen molar-refractivity contribution < 1.29 is 4.79 Å². The first kappa shape index (κ1) is 14.4. The molecule has 4 aromatic carbocycles. The van der Waals surface area contributed by atoms with Crippen LogP contribution in [0.4, 0.5) is 0 Å². The van der Waals surface area contributed by atoms with E-state index in [0.717, 1.165) is 44.2 Å². The van der Waals surface area contributed by atoms with Gasteiger partial charge in [-0.25, -0.2) is 0 Å². The van der Waals surface area contributed by atoms with Gasteiger partial charge in [0.05, 0.1) is 0 Å². The Kier molecular flexibility index (Phi) is 3.06. The fourth-order valence-electron chi connectivity index (χ4n) is 3.82. The average Bonchev–Trinajstić information content (AvgIpc) is 2.95. The highest BCUT2D eigenvalue weighted by Crippen LogP contribution is 2.43. The van der Waals surface area contributed by atoms with Crippen molar-refractivity contribution >= 4 is 28.2 Å². The molecule has 1 aliphatic rings. The van der Waals surface area contributed by atoms with E-state index >= 15 is 0 Å². The fraction of sp³-hybridized carbons (Fsp3) is 0. The van der Waals surface area contributed by atoms with Gasteiger partial charge in [0.1, 0.15) is 0 Å². The number of halogens is 1. The van der Waals surface area contributed by atoms with Gasteiger partial charge in [-0.2, -0.15) is 0 Å². The summed E-state index contributed by atoms with van der Waals surface area (Å²) in [6, 6.07) is 25.8. The van der Waals surface area contributed by atoms with E-state index in [1.807, 2.05) is 78.9 Å². The van der Waals surface area contributed by atoms with Gasteiger partial charge < -0.3 is 0 Å². The van der Waals surface area contributed by atoms with Gasteiger partial charge in [-0.15, -0.1) is 0 Å². The van der Waals surface area contributed by atoms with Crippen LogP contribution in [-0.2, 0) is 0 Å². The molecule has 5 rings (SSSR count). The Hall–Kier alpha value is -2.90. The molecule has 0 aliphatic heterocycles. The predicted octanol–water partition coefficient (Wildman–Crippen LogP) is 6.37. The average molecular weight is 341 g/mol. The molecular weight excluding hydrogens is 328 g/mol. The molecule has 0 saturated carbocycles. The van der Waals surface area contributed by atoms with Crippen LogP contribution in [-0.4, -0.2) is 5.78 Å². The molecule has 4 aromatic rings. The maximum absolute atomic E-state index is 13.1. The Morgan fingerprint density at radius 3 is 1.92 bits per heavy atom. The van der Waals surface area contributed by atoms with Crippen molar-refractivity contribution in [2.45, 2.75) is 0 Å². The quantitative estimate of drug-likeness (QED) is 0.346. The van der Waals surface area contributed by atoms with Crippen LogP contribution in [0.15, 0.2) is 78.9 Å². The van der Waals surface area contributed by atoms with Crippen LogP contribution in [0.2, 0.25) is 5.02 Å². The summed E-state index contributed by atoms with van der Waals surface area (Å²) >= 11 is 6.50. The normalized spacial score (nSPS) is 12.3. The van der Waals surface area contributed by atoms with Crippen LogP contribution in [0.25, 0.3) is 33.0 Å². The number of ketones is 1. The maximum Gasteiger partial charge on any atom is 0.194 e. The summed E-state index contributed by atoms with van der Waals surface area (Å²) < 4.78 is 0. The lowest BCUT2D eigenvalue weighted by atomic mass is 9.92. The van der Waals surface area contributed by atoms with Crippen molar-refractivity contribution in [1.82, 2.24) is 0 Å². The van der Waals surface area contributed by atoms with Gasteiger partial charge in [-0.3, -0.25) is 4.79 Å². The van der Waals surface area contributed by atoms with Crippen LogP contribution in [0.5, 0.6) is 0 Å². The van der Waals surface area contributed by atoms with Crippen molar-refractivity contribution in [3.8, 4) is 22.3 Å². The molecule has 1 aliphatic carbocycles. The van der Waals surface area contributed by atoms with Crippen LogP contribution in [0.3, 0.4) is 0 Å². The van der Waals surface area contributed by atoms with Crippen molar-refractivity contribution in [2.75, 3.05) is 0 Å². The molecule has 2 heteroatoms. The molecule has 0 unspecified atom stereocenters. The zero-order valence-electron chi connectivity index (χ0n) is 13.3. The van der Waals surface area contributed by atoms with Gasteiger partial charge in [0, 0.05) is 21.5 Å². The maximum atomic E-state index is 13.1. The Balaban J connectivity index is 1.87. The molecule has 25 heavy (non-hydrogen) atoms. The van der Waals surface area contributed by atoms with E-state index < -0.39 is 0 Å². The minimum Gasteiger partial charge on any atom is -0.289 e. The zero-order valence-corrected chi connectivity index (χ0v) is 14.0. The van der Waals surface area contributed by atoms with Crippen LogP contribution in [0, 0.1) is 0 Å². The van der Waals surface area contributed by atoms with Gasteiger partial charge in [0.2, 0.25) is 0 Å². The second kappa shape index (κ2) is 5.30. The topological polar surface area (TPSA) is 17.1 Å². The lowest BCUT2D eigenvalue weighted by Crippen LogP contribution is -1.98. The van der Waals surface area contributed by atoms with E-state index in [0.29, 0.717) is 5.02 Å². The number of benzene rings is 4. The molecule has 0 amide bonds. The molecule has 0 aromatic heterocycles. The van der Waals surface area contributed by atoms with Crippen LogP contribution in [0.1, 0.15) is 15.9 Å². The van der Waals surface area contributed by atoms with Crippen molar-refractivity contribution in [3.63, 3.8) is 0 Å². The fourth-order valence-corrected chi connectivity index (χ4v) is 4.10. The van der Waals surface area contributed by atoms with Gasteiger partial charge in [0.25, 0.3) is 0 Å². The lowest BCUT2D eigenvalue weighted by molar-refractivity contribution is 0.104. The number of carbonyl (C=O) groups excluding carboxylic acids is 1. The van der Waals surface area contributed by atoms with Gasteiger partial charge in [-0.05, 0) is 33.7 Å². The summed E-state index contributed by atoms with van der Waals surface area (Å²) in [7, 11) is 0. The van der Waals surface area contributed by atoms with Gasteiger partial charge >= 0.3 is 0 Å². The zero-order chi connectivity index (χ0) is 17.0. The second-order valence-electron chi connectivity index (χ2n) is 6.25. The third kappa shape index (κ3) is 2.00. The number of hydrogen-bond donors (Lipinski definition) is 0. The molecule has 0 radical (unpaired) electrons. The summed E-state index contributed by atoms with van der Waals surface area (Å²) in [5, 5.41) is 2.77. The van der Waals surface area contributed by atoms with E-state index in [2.05, 4.69) is 0 Å². The minimum absolute atomic E-state index is 0.0882. The Bertz CT molecular complexity index is 1170. The standard InChI is InChI=1S/C23H13ClO/c24-20-13-4-7-14-6-3-10-17(21(14)20)18-12-5-11-16-15-8-1-2-9-19(15)23(25)22(16)18/h1-13H. The first-order valence-electron chi connectivity index (χ1n) is 8.20. The summed E-state index contributed by atoms with van der Waals surface area (Å²) in [5.74, 6) is 0.0882. The molecule has 0 atom stereocenters. The predicted molar refractivity (Wildman–Crippen MR) is 103 cm³/mol. The molecule has 0 fully saturated rings. The highest BCUT2D eigenvalue weighted by molar-refractivity contribution is 6.37. The highest BCUT2D eigenvalue weighted by atomic mass is 35.5. The van der Waals surface area contributed by atoms with Crippen molar-refractivity contribution in [1.29, 1.82) is 0 Å². The SMILES string of the molecule is O=C1c2ccccc2-c2cccc(-c3cccc4cccc(Cl)c34)c21. The Morgan fingerprint density at radius 2 is 1.12 bits per heavy atom.